The summed E-state index contributed by atoms with van der Waals surface area (Å²) in [4.78, 5) is 15.4. The Morgan fingerprint density at radius 2 is 1.75 bits per heavy atom. The van der Waals surface area contributed by atoms with Crippen molar-refractivity contribution >= 4 is 5.91 Å². The average Bonchev–Trinajstić information content (AvgIpc) is 3.03. The van der Waals surface area contributed by atoms with E-state index in [0.717, 1.165) is 43.4 Å². The third-order valence-electron chi connectivity index (χ3n) is 5.87. The van der Waals surface area contributed by atoms with Crippen molar-refractivity contribution in [2.75, 3.05) is 33.4 Å². The molecule has 2 heterocycles. The smallest absolute Gasteiger partial charge is 0.233 e. The lowest BCUT2D eigenvalue weighted by atomic mass is 9.63. The van der Waals surface area contributed by atoms with Crippen molar-refractivity contribution in [3.8, 4) is 5.75 Å². The van der Waals surface area contributed by atoms with E-state index in [0.29, 0.717) is 26.3 Å². The molecule has 0 bridgehead atoms. The number of para-hydroxylation sites is 1. The molecule has 3 fully saturated rings. The largest absolute Gasteiger partial charge is 0.496 e. The lowest BCUT2D eigenvalue weighted by Gasteiger charge is -2.47. The van der Waals surface area contributed by atoms with Crippen LogP contribution in [-0.2, 0) is 19.7 Å². The molecule has 0 aromatic heterocycles. The number of rotatable bonds is 3. The SMILES string of the molecule is COc1ccccc1C1(C(=O)N2CCC3(CC2)OCCO3)CCC1. The lowest BCUT2D eigenvalue weighted by molar-refractivity contribution is -0.189. The normalized spacial score (nSPS) is 24.6. The van der Waals surface area contributed by atoms with Gasteiger partial charge in [-0.25, -0.2) is 0 Å². The van der Waals surface area contributed by atoms with Crippen LogP contribution in [-0.4, -0.2) is 50.0 Å². The van der Waals surface area contributed by atoms with Gasteiger partial charge in [-0.2, -0.15) is 0 Å². The molecule has 0 N–H and O–H groups in total. The van der Waals surface area contributed by atoms with Gasteiger partial charge in [-0.1, -0.05) is 24.6 Å². The first-order chi connectivity index (χ1) is 11.7. The molecule has 2 aliphatic heterocycles. The van der Waals surface area contributed by atoms with Gasteiger partial charge in [0, 0.05) is 31.5 Å². The Labute approximate surface area is 142 Å². The van der Waals surface area contributed by atoms with Crippen LogP contribution < -0.4 is 4.74 Å². The van der Waals surface area contributed by atoms with Crippen LogP contribution in [0.4, 0.5) is 0 Å². The van der Waals surface area contributed by atoms with Gasteiger partial charge >= 0.3 is 0 Å². The maximum atomic E-state index is 13.4. The molecule has 0 unspecified atom stereocenters. The number of ether oxygens (including phenoxy) is 3. The summed E-state index contributed by atoms with van der Waals surface area (Å²) in [6, 6.07) is 7.95. The zero-order chi connectivity index (χ0) is 16.6. The zero-order valence-corrected chi connectivity index (χ0v) is 14.3. The van der Waals surface area contributed by atoms with E-state index in [1.54, 1.807) is 7.11 Å². The highest BCUT2D eigenvalue weighted by molar-refractivity contribution is 5.90. The molecule has 1 amide bonds. The van der Waals surface area contributed by atoms with Crippen molar-refractivity contribution < 1.29 is 19.0 Å². The molecular weight excluding hydrogens is 306 g/mol. The molecule has 2 saturated heterocycles. The number of piperidine rings is 1. The Morgan fingerprint density at radius 1 is 1.08 bits per heavy atom. The molecular formula is C19H25NO4. The number of hydrogen-bond acceptors (Lipinski definition) is 4. The maximum Gasteiger partial charge on any atom is 0.233 e. The average molecular weight is 331 g/mol. The first kappa shape index (κ1) is 15.9. The van der Waals surface area contributed by atoms with Gasteiger partial charge in [-0.15, -0.1) is 0 Å². The van der Waals surface area contributed by atoms with Crippen molar-refractivity contribution in [2.24, 2.45) is 0 Å². The predicted molar refractivity (Wildman–Crippen MR) is 89.0 cm³/mol. The van der Waals surface area contributed by atoms with Gasteiger partial charge in [0.25, 0.3) is 0 Å². The van der Waals surface area contributed by atoms with Gasteiger partial charge in [-0.3, -0.25) is 4.79 Å². The summed E-state index contributed by atoms with van der Waals surface area (Å²) < 4.78 is 17.1. The summed E-state index contributed by atoms with van der Waals surface area (Å²) in [5.41, 5.74) is 0.631. The number of nitrogens with zero attached hydrogens (tertiary/aromatic N) is 1. The van der Waals surface area contributed by atoms with Crippen LogP contribution in [0.1, 0.15) is 37.7 Å². The van der Waals surface area contributed by atoms with Gasteiger partial charge < -0.3 is 19.1 Å². The van der Waals surface area contributed by atoms with Gasteiger partial charge in [0.15, 0.2) is 5.79 Å². The van der Waals surface area contributed by atoms with Crippen LogP contribution in [0.3, 0.4) is 0 Å². The van der Waals surface area contributed by atoms with E-state index < -0.39 is 11.2 Å². The summed E-state index contributed by atoms with van der Waals surface area (Å²) in [5.74, 6) is 0.626. The molecule has 24 heavy (non-hydrogen) atoms. The summed E-state index contributed by atoms with van der Waals surface area (Å²) >= 11 is 0. The molecule has 1 aromatic carbocycles. The van der Waals surface area contributed by atoms with Gasteiger partial charge in [0.1, 0.15) is 5.75 Å². The minimum Gasteiger partial charge on any atom is -0.496 e. The van der Waals surface area contributed by atoms with E-state index in [-0.39, 0.29) is 5.91 Å². The highest BCUT2D eigenvalue weighted by atomic mass is 16.7. The van der Waals surface area contributed by atoms with Gasteiger partial charge in [0.2, 0.25) is 5.91 Å². The fourth-order valence-corrected chi connectivity index (χ4v) is 4.31. The molecule has 4 rings (SSSR count). The Kier molecular flexibility index (Phi) is 4.01. The first-order valence-electron chi connectivity index (χ1n) is 8.90. The van der Waals surface area contributed by atoms with Gasteiger partial charge in [-0.05, 0) is 18.9 Å². The second kappa shape index (κ2) is 6.05. The minimum absolute atomic E-state index is 0.242. The van der Waals surface area contributed by atoms with Crippen LogP contribution in [0.5, 0.6) is 5.75 Å². The van der Waals surface area contributed by atoms with Crippen LogP contribution in [0.15, 0.2) is 24.3 Å². The molecule has 5 nitrogen and oxygen atoms in total. The van der Waals surface area contributed by atoms with Crippen molar-refractivity contribution in [3.63, 3.8) is 0 Å². The number of likely N-dealkylation sites (tertiary alicyclic amines) is 1. The van der Waals surface area contributed by atoms with Gasteiger partial charge in [0.05, 0.1) is 25.7 Å². The summed E-state index contributed by atoms with van der Waals surface area (Å²) in [6.45, 7) is 2.74. The number of amides is 1. The minimum atomic E-state index is -0.437. The van der Waals surface area contributed by atoms with Crippen molar-refractivity contribution in [2.45, 2.75) is 43.3 Å². The van der Waals surface area contributed by atoms with Crippen LogP contribution in [0.2, 0.25) is 0 Å². The highest BCUT2D eigenvalue weighted by Gasteiger charge is 2.51. The standard InChI is InChI=1S/C19H25NO4/c1-22-16-6-3-2-5-15(16)18(7-4-8-18)17(21)20-11-9-19(10-12-20)23-13-14-24-19/h2-3,5-6H,4,7-14H2,1H3. The van der Waals surface area contributed by atoms with E-state index in [1.807, 2.05) is 29.2 Å². The predicted octanol–water partition coefficient (Wildman–Crippen LogP) is 2.48. The summed E-state index contributed by atoms with van der Waals surface area (Å²) in [7, 11) is 1.68. The molecule has 0 radical (unpaired) electrons. The molecule has 130 valence electrons. The third kappa shape index (κ3) is 2.42. The molecule has 1 spiro atoms. The zero-order valence-electron chi connectivity index (χ0n) is 14.3. The second-order valence-corrected chi connectivity index (χ2v) is 7.04. The van der Waals surface area contributed by atoms with Crippen LogP contribution in [0.25, 0.3) is 0 Å². The molecule has 3 aliphatic rings. The fourth-order valence-electron chi connectivity index (χ4n) is 4.31. The summed E-state index contributed by atoms with van der Waals surface area (Å²) in [5, 5.41) is 0. The molecule has 5 heteroatoms. The molecule has 0 atom stereocenters. The number of benzene rings is 1. The number of methoxy groups -OCH3 is 1. The Balaban J connectivity index is 1.54. The van der Waals surface area contributed by atoms with E-state index in [4.69, 9.17) is 14.2 Å². The number of hydrogen-bond donors (Lipinski definition) is 0. The molecule has 1 saturated carbocycles. The summed E-state index contributed by atoms with van der Waals surface area (Å²) in [6.07, 6.45) is 4.43. The Bertz CT molecular complexity index is 610. The fraction of sp³-hybridized carbons (Fsp3) is 0.632. The van der Waals surface area contributed by atoms with Crippen molar-refractivity contribution in [1.82, 2.24) is 4.90 Å². The lowest BCUT2D eigenvalue weighted by Crippen LogP contribution is -2.55. The number of carbonyl (C=O) groups excluding carboxylic acids is 1. The first-order valence-corrected chi connectivity index (χ1v) is 8.90. The van der Waals surface area contributed by atoms with Crippen LogP contribution >= 0.6 is 0 Å². The second-order valence-electron chi connectivity index (χ2n) is 7.04. The van der Waals surface area contributed by atoms with E-state index >= 15 is 0 Å². The topological polar surface area (TPSA) is 48.0 Å². The number of carbonyl (C=O) groups is 1. The van der Waals surface area contributed by atoms with Crippen molar-refractivity contribution in [1.29, 1.82) is 0 Å². The third-order valence-corrected chi connectivity index (χ3v) is 5.87. The van der Waals surface area contributed by atoms with Crippen LogP contribution in [0, 0.1) is 0 Å². The Hall–Kier alpha value is -1.59. The quantitative estimate of drug-likeness (QED) is 0.854. The molecule has 1 aromatic rings. The monoisotopic (exact) mass is 331 g/mol. The Morgan fingerprint density at radius 3 is 2.33 bits per heavy atom. The highest BCUT2D eigenvalue weighted by Crippen LogP contribution is 2.49. The maximum absolute atomic E-state index is 13.4. The van der Waals surface area contributed by atoms with E-state index in [9.17, 15) is 4.79 Å². The van der Waals surface area contributed by atoms with E-state index in [2.05, 4.69) is 0 Å². The van der Waals surface area contributed by atoms with Crippen molar-refractivity contribution in [3.05, 3.63) is 29.8 Å². The molecule has 1 aliphatic carbocycles. The van der Waals surface area contributed by atoms with E-state index in [1.165, 1.54) is 0 Å².